The molecule has 0 atom stereocenters. The summed E-state index contributed by atoms with van der Waals surface area (Å²) < 4.78 is 11.9. The quantitative estimate of drug-likeness (QED) is 0.220. The van der Waals surface area contributed by atoms with Gasteiger partial charge in [-0.2, -0.15) is 0 Å². The Balaban J connectivity index is 1.54. The van der Waals surface area contributed by atoms with Crippen molar-refractivity contribution in [2.75, 3.05) is 5.32 Å². The predicted molar refractivity (Wildman–Crippen MR) is 139 cm³/mol. The van der Waals surface area contributed by atoms with Gasteiger partial charge in [-0.15, -0.1) is 0 Å². The van der Waals surface area contributed by atoms with Crippen LogP contribution in [0.2, 0.25) is 0 Å². The number of rotatable bonds is 5. The molecule has 0 saturated heterocycles. The lowest BCUT2D eigenvalue weighted by molar-refractivity contribution is -0.129. The molecule has 0 radical (unpaired) electrons. The maximum absolute atomic E-state index is 12.5. The standard InChI is InChI=1S/C26H18Br2N2O5/c1-14-3-5-18(6-4-14)25(32)34-23-20(27)11-16(12-21(23)28)13-22-26(33)35-24(30-22)17-7-9-19(10-8-17)29-15(2)31/h3-13H,1-2H3,(H,29,31)/b22-13-. The lowest BCUT2D eigenvalue weighted by atomic mass is 10.1. The fourth-order valence-electron chi connectivity index (χ4n) is 3.19. The minimum atomic E-state index is -0.590. The Morgan fingerprint density at radius 2 is 1.63 bits per heavy atom. The molecule has 1 amide bonds. The molecule has 3 aromatic carbocycles. The van der Waals surface area contributed by atoms with Crippen LogP contribution >= 0.6 is 31.9 Å². The molecular weight excluding hydrogens is 580 g/mol. The highest BCUT2D eigenvalue weighted by atomic mass is 79.9. The van der Waals surface area contributed by atoms with Crippen molar-refractivity contribution in [3.63, 3.8) is 0 Å². The van der Waals surface area contributed by atoms with E-state index in [2.05, 4.69) is 42.2 Å². The summed E-state index contributed by atoms with van der Waals surface area (Å²) in [6.07, 6.45) is 1.57. The molecule has 3 aromatic rings. The van der Waals surface area contributed by atoms with Crippen LogP contribution in [-0.2, 0) is 14.3 Å². The van der Waals surface area contributed by atoms with Gasteiger partial charge >= 0.3 is 11.9 Å². The largest absolute Gasteiger partial charge is 0.421 e. The van der Waals surface area contributed by atoms with Crippen molar-refractivity contribution in [3.05, 3.63) is 97.6 Å². The Morgan fingerprint density at radius 3 is 2.23 bits per heavy atom. The summed E-state index contributed by atoms with van der Waals surface area (Å²) in [5, 5.41) is 2.67. The van der Waals surface area contributed by atoms with E-state index in [1.807, 2.05) is 19.1 Å². The molecule has 0 aliphatic carbocycles. The second kappa shape index (κ2) is 10.4. The number of halogens is 2. The zero-order valence-electron chi connectivity index (χ0n) is 18.6. The average Bonchev–Trinajstić information content (AvgIpc) is 3.16. The Kier molecular flexibility index (Phi) is 7.28. The minimum Gasteiger partial charge on any atom is -0.421 e. The Hall–Kier alpha value is -3.56. The second-order valence-electron chi connectivity index (χ2n) is 7.66. The average molecular weight is 598 g/mol. The lowest BCUT2D eigenvalue weighted by Crippen LogP contribution is -2.09. The van der Waals surface area contributed by atoms with E-state index in [1.165, 1.54) is 6.92 Å². The monoisotopic (exact) mass is 596 g/mol. The normalized spacial score (nSPS) is 13.9. The number of cyclic esters (lactones) is 1. The van der Waals surface area contributed by atoms with Gasteiger partial charge in [0.25, 0.3) is 0 Å². The van der Waals surface area contributed by atoms with Crippen LogP contribution in [0.3, 0.4) is 0 Å². The third-order valence-corrected chi connectivity index (χ3v) is 6.06. The van der Waals surface area contributed by atoms with Crippen molar-refractivity contribution in [1.29, 1.82) is 0 Å². The molecule has 1 aliphatic heterocycles. The maximum Gasteiger partial charge on any atom is 0.363 e. The molecule has 1 aliphatic rings. The Morgan fingerprint density at radius 1 is 1.00 bits per heavy atom. The summed E-state index contributed by atoms with van der Waals surface area (Å²) in [6, 6.07) is 17.3. The third kappa shape index (κ3) is 5.93. The summed E-state index contributed by atoms with van der Waals surface area (Å²) in [4.78, 5) is 40.4. The summed E-state index contributed by atoms with van der Waals surface area (Å²) in [6.45, 7) is 3.36. The number of esters is 2. The van der Waals surface area contributed by atoms with E-state index < -0.39 is 11.9 Å². The van der Waals surface area contributed by atoms with E-state index in [0.29, 0.717) is 37.1 Å². The van der Waals surface area contributed by atoms with Gasteiger partial charge in [0.1, 0.15) is 0 Å². The van der Waals surface area contributed by atoms with E-state index in [9.17, 15) is 14.4 Å². The van der Waals surface area contributed by atoms with Crippen molar-refractivity contribution >= 4 is 67.4 Å². The number of aliphatic imine (C=N–C) groups is 1. The fourth-order valence-corrected chi connectivity index (χ4v) is 4.58. The summed E-state index contributed by atoms with van der Waals surface area (Å²) >= 11 is 6.86. The van der Waals surface area contributed by atoms with Gasteiger partial charge in [0.05, 0.1) is 14.5 Å². The maximum atomic E-state index is 12.5. The SMILES string of the molecule is CC(=O)Nc1ccc(C2=N/C(=C\c3cc(Br)c(OC(=O)c4ccc(C)cc4)c(Br)c3)C(=O)O2)cc1. The van der Waals surface area contributed by atoms with Gasteiger partial charge in [-0.1, -0.05) is 17.7 Å². The van der Waals surface area contributed by atoms with Crippen LogP contribution < -0.4 is 10.1 Å². The van der Waals surface area contributed by atoms with E-state index >= 15 is 0 Å². The van der Waals surface area contributed by atoms with Gasteiger partial charge in [0.2, 0.25) is 11.8 Å². The van der Waals surface area contributed by atoms with Gasteiger partial charge in [-0.3, -0.25) is 4.79 Å². The van der Waals surface area contributed by atoms with Gasteiger partial charge in [0, 0.05) is 18.2 Å². The molecule has 7 nitrogen and oxygen atoms in total. The molecule has 9 heteroatoms. The van der Waals surface area contributed by atoms with Crippen LogP contribution in [-0.4, -0.2) is 23.7 Å². The summed E-state index contributed by atoms with van der Waals surface area (Å²) in [7, 11) is 0. The van der Waals surface area contributed by atoms with Crippen molar-refractivity contribution in [1.82, 2.24) is 0 Å². The molecule has 4 rings (SSSR count). The zero-order valence-corrected chi connectivity index (χ0v) is 21.8. The fraction of sp³-hybridized carbons (Fsp3) is 0.0769. The molecule has 0 unspecified atom stereocenters. The Labute approximate surface area is 218 Å². The first-order chi connectivity index (χ1) is 16.7. The highest BCUT2D eigenvalue weighted by Gasteiger charge is 2.24. The number of benzene rings is 3. The lowest BCUT2D eigenvalue weighted by Gasteiger charge is -2.10. The van der Waals surface area contributed by atoms with E-state index in [0.717, 1.165) is 5.56 Å². The van der Waals surface area contributed by atoms with Crippen molar-refractivity contribution in [2.24, 2.45) is 4.99 Å². The number of anilines is 1. The number of ether oxygens (including phenoxy) is 2. The van der Waals surface area contributed by atoms with Crippen molar-refractivity contribution in [2.45, 2.75) is 13.8 Å². The first-order valence-corrected chi connectivity index (χ1v) is 12.0. The number of carbonyl (C=O) groups excluding carboxylic acids is 3. The molecule has 0 spiro atoms. The van der Waals surface area contributed by atoms with Crippen LogP contribution in [0.1, 0.15) is 34.0 Å². The van der Waals surface area contributed by atoms with E-state index in [4.69, 9.17) is 9.47 Å². The molecule has 1 heterocycles. The molecule has 0 saturated carbocycles. The van der Waals surface area contributed by atoms with E-state index in [-0.39, 0.29) is 17.5 Å². The minimum absolute atomic E-state index is 0.120. The van der Waals surface area contributed by atoms with Crippen molar-refractivity contribution < 1.29 is 23.9 Å². The van der Waals surface area contributed by atoms with Crippen LogP contribution in [0.5, 0.6) is 5.75 Å². The van der Waals surface area contributed by atoms with Gasteiger partial charge in [-0.05, 0) is 99.0 Å². The van der Waals surface area contributed by atoms with Gasteiger partial charge < -0.3 is 14.8 Å². The number of hydrogen-bond acceptors (Lipinski definition) is 6. The molecular formula is C26H18Br2N2O5. The first kappa shape index (κ1) is 24.6. The third-order valence-electron chi connectivity index (χ3n) is 4.88. The summed E-state index contributed by atoms with van der Waals surface area (Å²) in [5.74, 6) is -0.780. The number of nitrogens with one attached hydrogen (secondary N) is 1. The predicted octanol–water partition coefficient (Wildman–Crippen LogP) is 6.04. The molecule has 176 valence electrons. The molecule has 35 heavy (non-hydrogen) atoms. The van der Waals surface area contributed by atoms with Gasteiger partial charge in [0.15, 0.2) is 11.4 Å². The number of aryl methyl sites for hydroxylation is 1. The van der Waals surface area contributed by atoms with Crippen LogP contribution in [0, 0.1) is 6.92 Å². The molecule has 0 bridgehead atoms. The summed E-state index contributed by atoms with van der Waals surface area (Å²) in [5.41, 5.74) is 3.45. The molecule has 1 N–H and O–H groups in total. The zero-order chi connectivity index (χ0) is 25.1. The molecule has 0 aromatic heterocycles. The Bertz CT molecular complexity index is 1370. The highest BCUT2D eigenvalue weighted by Crippen LogP contribution is 2.36. The number of hydrogen-bond donors (Lipinski definition) is 1. The number of nitrogens with zero attached hydrogens (tertiary/aromatic N) is 1. The highest BCUT2D eigenvalue weighted by molar-refractivity contribution is 9.11. The van der Waals surface area contributed by atoms with E-state index in [1.54, 1.807) is 54.6 Å². The number of carbonyl (C=O) groups is 3. The number of amides is 1. The van der Waals surface area contributed by atoms with Crippen LogP contribution in [0.25, 0.3) is 6.08 Å². The molecule has 0 fully saturated rings. The van der Waals surface area contributed by atoms with Crippen LogP contribution in [0.4, 0.5) is 5.69 Å². The smallest absolute Gasteiger partial charge is 0.363 e. The van der Waals surface area contributed by atoms with Gasteiger partial charge in [-0.25, -0.2) is 14.6 Å². The topological polar surface area (TPSA) is 94.1 Å². The first-order valence-electron chi connectivity index (χ1n) is 10.4. The van der Waals surface area contributed by atoms with Crippen LogP contribution in [0.15, 0.2) is 80.3 Å². The van der Waals surface area contributed by atoms with Crippen molar-refractivity contribution in [3.8, 4) is 5.75 Å². The second-order valence-corrected chi connectivity index (χ2v) is 9.37.